The number of nitrogens with zero attached hydrogens (tertiary/aromatic N) is 4. The zero-order chi connectivity index (χ0) is 15.4. The van der Waals surface area contributed by atoms with Crippen molar-refractivity contribution in [2.75, 3.05) is 11.4 Å². The molecular weight excluding hydrogens is 308 g/mol. The highest BCUT2D eigenvalue weighted by atomic mass is 32.2. The Hall–Kier alpha value is -1.38. The summed E-state index contributed by atoms with van der Waals surface area (Å²) >= 11 is 3.03. The zero-order valence-electron chi connectivity index (χ0n) is 12.2. The predicted molar refractivity (Wildman–Crippen MR) is 84.5 cm³/mol. The van der Waals surface area contributed by atoms with Crippen molar-refractivity contribution in [2.45, 2.75) is 31.4 Å². The van der Waals surface area contributed by atoms with E-state index in [1.807, 2.05) is 23.9 Å². The molecule has 21 heavy (non-hydrogen) atoms. The lowest BCUT2D eigenvalue weighted by Crippen LogP contribution is -2.27. The van der Waals surface area contributed by atoms with Crippen LogP contribution in [0.4, 0.5) is 5.13 Å². The van der Waals surface area contributed by atoms with Crippen molar-refractivity contribution >= 4 is 34.1 Å². The van der Waals surface area contributed by atoms with Crippen molar-refractivity contribution in [3.05, 3.63) is 23.0 Å². The lowest BCUT2D eigenvalue weighted by Gasteiger charge is -2.14. The van der Waals surface area contributed by atoms with Gasteiger partial charge in [-0.05, 0) is 6.92 Å². The van der Waals surface area contributed by atoms with Gasteiger partial charge in [-0.25, -0.2) is 9.97 Å². The van der Waals surface area contributed by atoms with Gasteiger partial charge >= 0.3 is 0 Å². The maximum Gasteiger partial charge on any atom is 0.225 e. The average Bonchev–Trinajstić information content (AvgIpc) is 3.04. The lowest BCUT2D eigenvalue weighted by atomic mass is 10.5. The number of aliphatic hydroxyl groups is 1. The highest BCUT2D eigenvalue weighted by Crippen LogP contribution is 2.26. The second-order valence-corrected chi connectivity index (χ2v) is 6.20. The van der Waals surface area contributed by atoms with E-state index >= 15 is 0 Å². The monoisotopic (exact) mass is 326 g/mol. The summed E-state index contributed by atoms with van der Waals surface area (Å²) in [6.45, 7) is 4.08. The van der Waals surface area contributed by atoms with E-state index in [1.165, 1.54) is 11.3 Å². The Morgan fingerprint density at radius 3 is 2.90 bits per heavy atom. The number of amides is 1. The first-order valence-corrected chi connectivity index (χ1v) is 8.40. The quantitative estimate of drug-likeness (QED) is 0.823. The third-order valence-corrected chi connectivity index (χ3v) is 5.01. The summed E-state index contributed by atoms with van der Waals surface area (Å²) in [5, 5.41) is 12.7. The minimum absolute atomic E-state index is 0.00254. The Labute approximate surface area is 131 Å². The van der Waals surface area contributed by atoms with Gasteiger partial charge in [-0.3, -0.25) is 9.69 Å². The Kier molecular flexibility index (Phi) is 5.38. The van der Waals surface area contributed by atoms with Crippen LogP contribution in [0.5, 0.6) is 0 Å². The Morgan fingerprint density at radius 2 is 2.33 bits per heavy atom. The Morgan fingerprint density at radius 1 is 1.57 bits per heavy atom. The molecule has 0 saturated carbocycles. The molecule has 2 aromatic heterocycles. The minimum Gasteiger partial charge on any atom is -0.390 e. The summed E-state index contributed by atoms with van der Waals surface area (Å²) < 4.78 is 1.87. The molecular formula is C13H18N4O2S2. The molecule has 0 bridgehead atoms. The molecule has 6 nitrogen and oxygen atoms in total. The molecule has 0 radical (unpaired) electrons. The predicted octanol–water partition coefficient (Wildman–Crippen LogP) is 2.03. The van der Waals surface area contributed by atoms with E-state index in [0.29, 0.717) is 12.3 Å². The van der Waals surface area contributed by atoms with Crippen LogP contribution in [0.3, 0.4) is 0 Å². The average molecular weight is 326 g/mol. The number of carbonyl (C=O) groups excluding carboxylic acids is 1. The first kappa shape index (κ1) is 16.0. The lowest BCUT2D eigenvalue weighted by molar-refractivity contribution is -0.116. The number of aliphatic hydroxyl groups excluding tert-OH is 1. The first-order valence-electron chi connectivity index (χ1n) is 6.53. The van der Waals surface area contributed by atoms with Gasteiger partial charge in [-0.15, -0.1) is 11.3 Å². The third kappa shape index (κ3) is 3.63. The summed E-state index contributed by atoms with van der Waals surface area (Å²) in [6, 6.07) is 0. The van der Waals surface area contributed by atoms with Gasteiger partial charge in [0.2, 0.25) is 5.91 Å². The van der Waals surface area contributed by atoms with Crippen LogP contribution < -0.4 is 4.90 Å². The fourth-order valence-electron chi connectivity index (χ4n) is 1.82. The number of thiazole rings is 1. The molecule has 2 aromatic rings. The molecule has 0 aliphatic carbocycles. The van der Waals surface area contributed by atoms with Crippen molar-refractivity contribution in [2.24, 2.45) is 7.05 Å². The van der Waals surface area contributed by atoms with Gasteiger partial charge in [0.05, 0.1) is 24.2 Å². The Bertz CT molecular complexity index is 623. The molecule has 0 unspecified atom stereocenters. The fraction of sp³-hybridized carbons (Fsp3) is 0.462. The molecule has 0 aliphatic rings. The molecule has 0 saturated heterocycles. The van der Waals surface area contributed by atoms with Crippen molar-refractivity contribution in [1.82, 2.24) is 14.5 Å². The SMILES string of the molecule is CCN(C(C)=O)c1nc(CSc2ncc(CO)n2C)cs1. The molecule has 0 spiro atoms. The van der Waals surface area contributed by atoms with E-state index in [2.05, 4.69) is 9.97 Å². The summed E-state index contributed by atoms with van der Waals surface area (Å²) in [5.74, 6) is 0.685. The van der Waals surface area contributed by atoms with Gasteiger partial charge in [0, 0.05) is 31.6 Å². The standard InChI is InChI=1S/C13H18N4O2S2/c1-4-17(9(2)19)13-15-10(8-21-13)7-20-12-14-5-11(6-18)16(12)3/h5,8,18H,4,6-7H2,1-3H3. The van der Waals surface area contributed by atoms with Crippen LogP contribution in [0.15, 0.2) is 16.7 Å². The molecule has 114 valence electrons. The smallest absolute Gasteiger partial charge is 0.225 e. The summed E-state index contributed by atoms with van der Waals surface area (Å²) in [5.41, 5.74) is 1.71. The fourth-order valence-corrected chi connectivity index (χ4v) is 3.73. The maximum absolute atomic E-state index is 11.5. The molecule has 2 heterocycles. The number of carbonyl (C=O) groups is 1. The molecule has 1 N–H and O–H groups in total. The van der Waals surface area contributed by atoms with E-state index in [0.717, 1.165) is 21.7 Å². The summed E-state index contributed by atoms with van der Waals surface area (Å²) in [7, 11) is 1.88. The van der Waals surface area contributed by atoms with Gasteiger partial charge in [0.25, 0.3) is 0 Å². The van der Waals surface area contributed by atoms with Crippen LogP contribution in [-0.4, -0.2) is 32.1 Å². The number of rotatable bonds is 6. The number of aromatic nitrogens is 3. The van der Waals surface area contributed by atoms with Gasteiger partial charge < -0.3 is 9.67 Å². The summed E-state index contributed by atoms with van der Waals surface area (Å²) in [6.07, 6.45) is 1.67. The highest BCUT2D eigenvalue weighted by molar-refractivity contribution is 7.98. The molecule has 1 amide bonds. The topological polar surface area (TPSA) is 71.2 Å². The van der Waals surface area contributed by atoms with E-state index in [9.17, 15) is 4.79 Å². The van der Waals surface area contributed by atoms with E-state index in [-0.39, 0.29) is 12.5 Å². The third-order valence-electron chi connectivity index (χ3n) is 3.02. The molecule has 8 heteroatoms. The van der Waals surface area contributed by atoms with Crippen LogP contribution in [-0.2, 0) is 24.2 Å². The van der Waals surface area contributed by atoms with Gasteiger partial charge in [-0.1, -0.05) is 11.8 Å². The molecule has 0 aromatic carbocycles. The van der Waals surface area contributed by atoms with Gasteiger partial charge in [0.15, 0.2) is 10.3 Å². The highest BCUT2D eigenvalue weighted by Gasteiger charge is 2.14. The normalized spacial score (nSPS) is 10.9. The van der Waals surface area contributed by atoms with Gasteiger partial charge in [-0.2, -0.15) is 0 Å². The maximum atomic E-state index is 11.5. The number of hydrogen-bond acceptors (Lipinski definition) is 6. The number of anilines is 1. The van der Waals surface area contributed by atoms with Crippen LogP contribution in [0.1, 0.15) is 25.2 Å². The number of thioether (sulfide) groups is 1. The van der Waals surface area contributed by atoms with Crippen molar-refractivity contribution in [1.29, 1.82) is 0 Å². The van der Waals surface area contributed by atoms with Crippen molar-refractivity contribution < 1.29 is 9.90 Å². The Balaban J connectivity index is 2.02. The van der Waals surface area contributed by atoms with Gasteiger partial charge in [0.1, 0.15) is 0 Å². The number of imidazole rings is 1. The largest absolute Gasteiger partial charge is 0.390 e. The van der Waals surface area contributed by atoms with E-state index in [4.69, 9.17) is 5.11 Å². The van der Waals surface area contributed by atoms with Crippen LogP contribution in [0.2, 0.25) is 0 Å². The molecule has 0 aliphatic heterocycles. The van der Waals surface area contributed by atoms with Crippen LogP contribution >= 0.6 is 23.1 Å². The van der Waals surface area contributed by atoms with E-state index in [1.54, 1.807) is 29.8 Å². The van der Waals surface area contributed by atoms with E-state index < -0.39 is 0 Å². The zero-order valence-corrected chi connectivity index (χ0v) is 13.9. The van der Waals surface area contributed by atoms with Crippen LogP contribution in [0, 0.1) is 0 Å². The minimum atomic E-state index is -0.0189. The first-order chi connectivity index (χ1) is 10.1. The second-order valence-electron chi connectivity index (χ2n) is 4.42. The molecule has 2 rings (SSSR count). The van der Waals surface area contributed by atoms with Crippen molar-refractivity contribution in [3.63, 3.8) is 0 Å². The molecule has 0 atom stereocenters. The van der Waals surface area contributed by atoms with Crippen molar-refractivity contribution in [3.8, 4) is 0 Å². The van der Waals surface area contributed by atoms with Crippen LogP contribution in [0.25, 0.3) is 0 Å². The summed E-state index contributed by atoms with van der Waals surface area (Å²) in [4.78, 5) is 21.9. The number of hydrogen-bond donors (Lipinski definition) is 1. The second kappa shape index (κ2) is 7.06. The molecule has 0 fully saturated rings.